The second-order valence-corrected chi connectivity index (χ2v) is 22.3. The lowest BCUT2D eigenvalue weighted by Gasteiger charge is -2.42. The number of likely N-dealkylation sites (tertiary alicyclic amines) is 2. The number of aromatic hydroxyl groups is 1. The van der Waals surface area contributed by atoms with E-state index in [2.05, 4.69) is 57.6 Å². The summed E-state index contributed by atoms with van der Waals surface area (Å²) in [5, 5.41) is 37.2. The SMILES string of the molecule is Cc1ncsc1-c1ccc(CNC(=O)[C@@H]2C[C@@H](O)CN2C(=O)C(c2cc(N3CCC(CN4CCC(c5cnc(N6C7CCC6CN(c6cc(-c8ccccc8O)nnc6N)C7)nc5)CC4)CC3)no2)C(C)C)cc1. The summed E-state index contributed by atoms with van der Waals surface area (Å²) in [5.41, 5.74) is 14.5. The molecule has 4 aromatic heterocycles. The first-order chi connectivity index (χ1) is 35.9. The number of thiazole rings is 1. The molecule has 388 valence electrons. The van der Waals surface area contributed by atoms with E-state index in [-0.39, 0.29) is 48.5 Å². The van der Waals surface area contributed by atoms with Gasteiger partial charge >= 0.3 is 0 Å². The molecule has 5 fully saturated rings. The molecule has 0 saturated carbocycles. The summed E-state index contributed by atoms with van der Waals surface area (Å²) < 4.78 is 5.94. The van der Waals surface area contributed by atoms with Gasteiger partial charge in [-0.2, -0.15) is 0 Å². The van der Waals surface area contributed by atoms with Gasteiger partial charge in [-0.15, -0.1) is 21.5 Å². The van der Waals surface area contributed by atoms with Crippen molar-refractivity contribution in [2.75, 3.05) is 72.8 Å². The van der Waals surface area contributed by atoms with E-state index in [4.69, 9.17) is 20.2 Å². The van der Waals surface area contributed by atoms with E-state index in [0.717, 1.165) is 123 Å². The van der Waals surface area contributed by atoms with Crippen LogP contribution in [0.1, 0.15) is 93.2 Å². The lowest BCUT2D eigenvalue weighted by atomic mass is 9.89. The summed E-state index contributed by atoms with van der Waals surface area (Å²) in [6.07, 6.45) is 9.87. The highest BCUT2D eigenvalue weighted by atomic mass is 32.1. The largest absolute Gasteiger partial charge is 0.507 e. The van der Waals surface area contributed by atoms with Crippen molar-refractivity contribution in [3.8, 4) is 27.4 Å². The Morgan fingerprint density at radius 2 is 1.61 bits per heavy atom. The molecule has 5 aliphatic rings. The van der Waals surface area contributed by atoms with Crippen LogP contribution in [0.5, 0.6) is 5.75 Å². The standard InChI is InChI=1S/C55H67N13O5S/c1-33(2)50(54(72)67-31-42(69)22-46(67)53(71)57-25-35-8-10-38(11-9-35)51-34(3)60-32-74-51)48-24-49(63-73-48)65-20-14-36(15-21-65)28-64-18-16-37(17-19-64)39-26-58-55(59-27-39)68-40-12-13-41(68)30-66(29-40)45-23-44(61-62-52(45)56)43-6-4-5-7-47(43)70/h4-11,23-24,26-27,32-33,36-37,40-42,46,50,69-70H,12-22,25,28-31H2,1-3H3,(H2,56,62)(H,57,71)/t40?,41?,42-,46+,50?/m1/s1. The van der Waals surface area contributed by atoms with Gasteiger partial charge in [0.25, 0.3) is 0 Å². The number of fused-ring (bicyclic) bond motifs is 2. The number of nitrogens with two attached hydrogens (primary N) is 1. The van der Waals surface area contributed by atoms with Crippen molar-refractivity contribution < 1.29 is 24.3 Å². The Balaban J connectivity index is 0.636. The maximum Gasteiger partial charge on any atom is 0.243 e. The van der Waals surface area contributed by atoms with E-state index in [1.807, 2.05) is 74.8 Å². The number of β-amino-alcohol motifs (C(OH)–C–C–N with tert-alkyl or cyclic N) is 1. The number of phenolic OH excluding ortho intramolecular Hbond substituents is 1. The number of aryl methyl sites for hydroxylation is 1. The first-order valence-electron chi connectivity index (χ1n) is 26.4. The number of phenols is 1. The molecular weight excluding hydrogens is 955 g/mol. The molecule has 5 aliphatic heterocycles. The highest BCUT2D eigenvalue weighted by molar-refractivity contribution is 7.13. The number of carbonyl (C=O) groups excluding carboxylic acids is 2. The Morgan fingerprint density at radius 3 is 2.30 bits per heavy atom. The molecule has 0 radical (unpaired) electrons. The first-order valence-corrected chi connectivity index (χ1v) is 27.3. The van der Waals surface area contributed by atoms with Gasteiger partial charge in [-0.1, -0.05) is 55.4 Å². The molecule has 0 aliphatic carbocycles. The Morgan fingerprint density at radius 1 is 0.878 bits per heavy atom. The molecular formula is C55H67N13O5S. The van der Waals surface area contributed by atoms with Crippen molar-refractivity contribution in [1.82, 2.24) is 45.4 Å². The number of nitrogens with zero attached hydrogens (tertiary/aromatic N) is 11. The number of benzene rings is 2. The number of amides is 2. The minimum atomic E-state index is -0.793. The molecule has 5 N–H and O–H groups in total. The van der Waals surface area contributed by atoms with Crippen molar-refractivity contribution in [2.45, 2.75) is 108 Å². The van der Waals surface area contributed by atoms with Crippen LogP contribution in [-0.4, -0.2) is 139 Å². The minimum Gasteiger partial charge on any atom is -0.507 e. The highest BCUT2D eigenvalue weighted by Gasteiger charge is 2.44. The molecule has 19 heteroatoms. The number of aromatic nitrogens is 6. The minimum absolute atomic E-state index is 0.0900. The van der Waals surface area contributed by atoms with Crippen molar-refractivity contribution in [3.05, 3.63) is 101 Å². The number of piperidine rings is 2. The van der Waals surface area contributed by atoms with Gasteiger partial charge in [0, 0.05) is 88.3 Å². The topological polar surface area (TPSA) is 219 Å². The molecule has 5 atom stereocenters. The number of piperazine rings is 1. The summed E-state index contributed by atoms with van der Waals surface area (Å²) in [6.45, 7) is 12.8. The summed E-state index contributed by atoms with van der Waals surface area (Å²) in [4.78, 5) is 54.5. The van der Waals surface area contributed by atoms with Gasteiger partial charge in [0.1, 0.15) is 17.7 Å². The van der Waals surface area contributed by atoms with Gasteiger partial charge in [0.15, 0.2) is 17.4 Å². The fraction of sp³-hybridized carbons (Fsp3) is 0.491. The van der Waals surface area contributed by atoms with Crippen LogP contribution in [0.3, 0.4) is 0 Å². The summed E-state index contributed by atoms with van der Waals surface area (Å²) in [5.74, 6) is 2.30. The number of nitrogens with one attached hydrogen (secondary N) is 1. The molecule has 0 spiro atoms. The van der Waals surface area contributed by atoms with Crippen molar-refractivity contribution in [1.29, 1.82) is 0 Å². The number of nitrogen functional groups attached to an aromatic ring is 1. The maximum atomic E-state index is 14.3. The van der Waals surface area contributed by atoms with Crippen LogP contribution in [0.15, 0.2) is 83.1 Å². The zero-order chi connectivity index (χ0) is 51.0. The molecule has 2 amide bonds. The van der Waals surface area contributed by atoms with Crippen molar-refractivity contribution in [2.24, 2.45) is 11.8 Å². The van der Waals surface area contributed by atoms with Gasteiger partial charge in [0.2, 0.25) is 17.8 Å². The molecule has 6 aromatic rings. The van der Waals surface area contributed by atoms with Crippen LogP contribution in [0.25, 0.3) is 21.7 Å². The normalized spacial score (nSPS) is 22.2. The van der Waals surface area contributed by atoms with Crippen LogP contribution >= 0.6 is 11.3 Å². The summed E-state index contributed by atoms with van der Waals surface area (Å²) >= 11 is 1.60. The van der Waals surface area contributed by atoms with Crippen LogP contribution in [0.2, 0.25) is 0 Å². The Labute approximate surface area is 436 Å². The van der Waals surface area contributed by atoms with E-state index in [9.17, 15) is 19.8 Å². The number of aliphatic hydroxyl groups excluding tert-OH is 1. The van der Waals surface area contributed by atoms with Gasteiger partial charge in [0.05, 0.1) is 33.6 Å². The van der Waals surface area contributed by atoms with Gasteiger partial charge in [-0.25, -0.2) is 15.0 Å². The summed E-state index contributed by atoms with van der Waals surface area (Å²) in [7, 11) is 0. The average molecular weight is 1020 g/mol. The average Bonchev–Trinajstić information content (AvgIpc) is 4.22. The van der Waals surface area contributed by atoms with E-state index in [1.165, 1.54) is 10.5 Å². The zero-order valence-electron chi connectivity index (χ0n) is 42.5. The lowest BCUT2D eigenvalue weighted by molar-refractivity contribution is -0.141. The fourth-order valence-electron chi connectivity index (χ4n) is 12.2. The molecule has 3 unspecified atom stereocenters. The smallest absolute Gasteiger partial charge is 0.243 e. The molecule has 5 saturated heterocycles. The fourth-order valence-corrected chi connectivity index (χ4v) is 13.0. The third-order valence-electron chi connectivity index (χ3n) is 16.3. The highest BCUT2D eigenvalue weighted by Crippen LogP contribution is 2.40. The van der Waals surface area contributed by atoms with Gasteiger partial charge in [-0.3, -0.25) is 9.59 Å². The first kappa shape index (κ1) is 49.5. The number of hydrogen-bond acceptors (Lipinski definition) is 17. The van der Waals surface area contributed by atoms with Crippen LogP contribution < -0.4 is 25.8 Å². The van der Waals surface area contributed by atoms with Gasteiger partial charge < -0.3 is 50.3 Å². The van der Waals surface area contributed by atoms with Crippen molar-refractivity contribution >= 4 is 46.4 Å². The second kappa shape index (κ2) is 21.3. The number of anilines is 4. The van der Waals surface area contributed by atoms with Gasteiger partial charge in [-0.05, 0) is 111 Å². The zero-order valence-corrected chi connectivity index (χ0v) is 43.3. The van der Waals surface area contributed by atoms with Crippen molar-refractivity contribution in [3.63, 3.8) is 0 Å². The molecule has 74 heavy (non-hydrogen) atoms. The quantitative estimate of drug-likeness (QED) is 0.0902. The number of hydrogen-bond donors (Lipinski definition) is 4. The number of aliphatic hydroxyl groups is 1. The van der Waals surface area contributed by atoms with E-state index in [1.54, 1.807) is 23.5 Å². The molecule has 18 nitrogen and oxygen atoms in total. The van der Waals surface area contributed by atoms with E-state index >= 15 is 0 Å². The Kier molecular flexibility index (Phi) is 14.2. The molecule has 9 heterocycles. The molecule has 11 rings (SSSR count). The second-order valence-electron chi connectivity index (χ2n) is 21.4. The predicted molar refractivity (Wildman–Crippen MR) is 285 cm³/mol. The predicted octanol–water partition coefficient (Wildman–Crippen LogP) is 6.61. The Hall–Kier alpha value is -6.70. The summed E-state index contributed by atoms with van der Waals surface area (Å²) in [6, 6.07) is 18.8. The third kappa shape index (κ3) is 10.2. The molecule has 2 aromatic carbocycles. The Bertz CT molecular complexity index is 2900. The van der Waals surface area contributed by atoms with Crippen LogP contribution in [0, 0.1) is 18.8 Å². The number of carbonyl (C=O) groups is 2. The van der Waals surface area contributed by atoms with Crippen LogP contribution in [0.4, 0.5) is 23.3 Å². The molecule has 2 bridgehead atoms. The van der Waals surface area contributed by atoms with E-state index < -0.39 is 18.1 Å². The lowest BCUT2D eigenvalue weighted by Crippen LogP contribution is -2.54. The monoisotopic (exact) mass is 1020 g/mol. The third-order valence-corrected chi connectivity index (χ3v) is 17.2. The van der Waals surface area contributed by atoms with Crippen LogP contribution in [-0.2, 0) is 16.1 Å². The van der Waals surface area contributed by atoms with E-state index in [0.29, 0.717) is 41.2 Å². The maximum absolute atomic E-state index is 14.3. The number of rotatable bonds is 14. The number of para-hydroxylation sites is 1.